The van der Waals surface area contributed by atoms with Gasteiger partial charge in [-0.05, 0) is 35.0 Å². The van der Waals surface area contributed by atoms with Crippen molar-refractivity contribution < 1.29 is 0 Å². The highest BCUT2D eigenvalue weighted by Crippen LogP contribution is 2.27. The number of hydrogen-bond donors (Lipinski definition) is 2. The molecule has 6 nitrogen and oxygen atoms in total. The van der Waals surface area contributed by atoms with Gasteiger partial charge in [-0.1, -0.05) is 17.7 Å². The third-order valence-electron chi connectivity index (χ3n) is 3.14. The Morgan fingerprint density at radius 3 is 2.76 bits per heavy atom. The van der Waals surface area contributed by atoms with Crippen LogP contribution in [0.2, 0.25) is 5.02 Å². The molecule has 0 spiro atoms. The van der Waals surface area contributed by atoms with E-state index in [0.717, 1.165) is 10.0 Å². The van der Waals surface area contributed by atoms with Gasteiger partial charge in [-0.3, -0.25) is 14.3 Å². The number of nitrogens with one attached hydrogen (secondary N) is 2. The Morgan fingerprint density at radius 2 is 2.10 bits per heavy atom. The molecule has 0 bridgehead atoms. The van der Waals surface area contributed by atoms with Crippen LogP contribution >= 0.6 is 27.5 Å². The zero-order valence-corrected chi connectivity index (χ0v) is 13.2. The molecule has 0 radical (unpaired) electrons. The van der Waals surface area contributed by atoms with E-state index in [9.17, 15) is 9.59 Å². The van der Waals surface area contributed by atoms with Gasteiger partial charge in [0.2, 0.25) is 0 Å². The van der Waals surface area contributed by atoms with Crippen LogP contribution in [0.1, 0.15) is 6.92 Å². The van der Waals surface area contributed by atoms with Gasteiger partial charge in [0.05, 0.1) is 5.02 Å². The van der Waals surface area contributed by atoms with Crippen LogP contribution in [-0.2, 0) is 6.54 Å². The van der Waals surface area contributed by atoms with Crippen LogP contribution in [0.4, 0.5) is 0 Å². The van der Waals surface area contributed by atoms with Gasteiger partial charge in [0.15, 0.2) is 5.65 Å². The molecule has 0 fully saturated rings. The van der Waals surface area contributed by atoms with E-state index in [1.54, 1.807) is 12.1 Å². The van der Waals surface area contributed by atoms with Crippen molar-refractivity contribution in [2.75, 3.05) is 0 Å². The van der Waals surface area contributed by atoms with Crippen LogP contribution in [0.5, 0.6) is 0 Å². The Morgan fingerprint density at radius 1 is 1.33 bits per heavy atom. The van der Waals surface area contributed by atoms with Gasteiger partial charge in [0.25, 0.3) is 5.56 Å². The number of nitrogens with zero attached hydrogens (tertiary/aromatic N) is 2. The molecule has 0 aliphatic carbocycles. The van der Waals surface area contributed by atoms with Crippen molar-refractivity contribution in [2.45, 2.75) is 13.5 Å². The Balaban J connectivity index is 2.30. The highest BCUT2D eigenvalue weighted by atomic mass is 79.9. The first-order valence-corrected chi connectivity index (χ1v) is 7.36. The Kier molecular flexibility index (Phi) is 3.46. The fraction of sp³-hybridized carbons (Fsp3) is 0.154. The normalized spacial score (nSPS) is 11.2. The third kappa shape index (κ3) is 2.32. The number of imidazole rings is 1. The number of fused-ring (bicyclic) bond motifs is 1. The predicted molar refractivity (Wildman–Crippen MR) is 84.8 cm³/mol. The van der Waals surface area contributed by atoms with Crippen LogP contribution in [0.25, 0.3) is 22.6 Å². The van der Waals surface area contributed by atoms with Crippen LogP contribution in [-0.4, -0.2) is 19.5 Å². The molecule has 2 N–H and O–H groups in total. The number of benzene rings is 1. The lowest BCUT2D eigenvalue weighted by atomic mass is 10.2. The average Bonchev–Trinajstić information content (AvgIpc) is 2.87. The SMILES string of the molecule is CCn1c(=O)[nH]c(=O)c2[nH]c(-c3ccc(Br)c(Cl)c3)nc21. The van der Waals surface area contributed by atoms with E-state index in [1.807, 2.05) is 13.0 Å². The molecule has 3 rings (SSSR count). The summed E-state index contributed by atoms with van der Waals surface area (Å²) in [6, 6.07) is 5.34. The smallest absolute Gasteiger partial charge is 0.330 e. The number of halogens is 2. The maximum atomic E-state index is 11.9. The van der Waals surface area contributed by atoms with E-state index < -0.39 is 11.2 Å². The molecule has 1 aromatic carbocycles. The van der Waals surface area contributed by atoms with Crippen molar-refractivity contribution in [3.63, 3.8) is 0 Å². The summed E-state index contributed by atoms with van der Waals surface area (Å²) in [5.41, 5.74) is 0.378. The second-order valence-electron chi connectivity index (χ2n) is 4.42. The van der Waals surface area contributed by atoms with E-state index in [-0.39, 0.29) is 5.52 Å². The van der Waals surface area contributed by atoms with E-state index in [1.165, 1.54) is 4.57 Å². The monoisotopic (exact) mass is 368 g/mol. The van der Waals surface area contributed by atoms with E-state index in [4.69, 9.17) is 11.6 Å². The zero-order valence-electron chi connectivity index (χ0n) is 10.9. The topological polar surface area (TPSA) is 83.5 Å². The van der Waals surface area contributed by atoms with Crippen LogP contribution in [0.15, 0.2) is 32.3 Å². The molecule has 2 aromatic heterocycles. The van der Waals surface area contributed by atoms with Gasteiger partial charge in [-0.15, -0.1) is 0 Å². The van der Waals surface area contributed by atoms with E-state index >= 15 is 0 Å². The van der Waals surface area contributed by atoms with Crippen LogP contribution in [0.3, 0.4) is 0 Å². The fourth-order valence-electron chi connectivity index (χ4n) is 2.11. The number of aromatic nitrogens is 4. The molecule has 2 heterocycles. The summed E-state index contributed by atoms with van der Waals surface area (Å²) in [5, 5.41) is 0.537. The van der Waals surface area contributed by atoms with Crippen molar-refractivity contribution >= 4 is 38.7 Å². The second-order valence-corrected chi connectivity index (χ2v) is 5.68. The van der Waals surface area contributed by atoms with Crippen LogP contribution in [0, 0.1) is 0 Å². The molecule has 0 saturated heterocycles. The number of rotatable bonds is 2. The maximum Gasteiger partial charge on any atom is 0.330 e. The molecular formula is C13H10BrClN4O2. The minimum absolute atomic E-state index is 0.269. The molecule has 0 saturated carbocycles. The molecule has 0 aliphatic heterocycles. The van der Waals surface area contributed by atoms with Gasteiger partial charge in [0, 0.05) is 16.6 Å². The first kappa shape index (κ1) is 14.1. The molecule has 0 unspecified atom stereocenters. The molecule has 0 atom stereocenters. The maximum absolute atomic E-state index is 11.9. The number of aryl methyl sites for hydroxylation is 1. The van der Waals surface area contributed by atoms with Crippen molar-refractivity contribution in [2.24, 2.45) is 0 Å². The van der Waals surface area contributed by atoms with Gasteiger partial charge < -0.3 is 4.98 Å². The largest absolute Gasteiger partial charge is 0.332 e. The van der Waals surface area contributed by atoms with E-state index in [2.05, 4.69) is 30.9 Å². The van der Waals surface area contributed by atoms with Crippen molar-refractivity contribution in [3.05, 3.63) is 48.5 Å². The van der Waals surface area contributed by atoms with Gasteiger partial charge >= 0.3 is 5.69 Å². The Hall–Kier alpha value is -1.86. The predicted octanol–water partition coefficient (Wildman–Crippen LogP) is 2.52. The zero-order chi connectivity index (χ0) is 15.1. The minimum atomic E-state index is -0.485. The molecule has 108 valence electrons. The molecule has 21 heavy (non-hydrogen) atoms. The first-order chi connectivity index (χ1) is 10.0. The summed E-state index contributed by atoms with van der Waals surface area (Å²) < 4.78 is 2.17. The highest BCUT2D eigenvalue weighted by molar-refractivity contribution is 9.10. The summed E-state index contributed by atoms with van der Waals surface area (Å²) in [7, 11) is 0. The minimum Gasteiger partial charge on any atom is -0.332 e. The summed E-state index contributed by atoms with van der Waals surface area (Å²) in [4.78, 5) is 33.2. The molecular weight excluding hydrogens is 360 g/mol. The molecule has 0 amide bonds. The van der Waals surface area contributed by atoms with E-state index in [0.29, 0.717) is 23.0 Å². The molecule has 3 aromatic rings. The highest BCUT2D eigenvalue weighted by Gasteiger charge is 2.13. The molecule has 0 aliphatic rings. The summed E-state index contributed by atoms with van der Waals surface area (Å²) in [5.74, 6) is 0.484. The lowest BCUT2D eigenvalue weighted by Gasteiger charge is -2.00. The Labute approximate surface area is 131 Å². The average molecular weight is 370 g/mol. The molecule has 8 heteroatoms. The lowest BCUT2D eigenvalue weighted by molar-refractivity contribution is 0.720. The van der Waals surface area contributed by atoms with Gasteiger partial charge in [0.1, 0.15) is 11.3 Å². The third-order valence-corrected chi connectivity index (χ3v) is 4.37. The summed E-state index contributed by atoms with van der Waals surface area (Å²) >= 11 is 9.38. The second kappa shape index (κ2) is 5.16. The summed E-state index contributed by atoms with van der Waals surface area (Å²) in [6.07, 6.45) is 0. The van der Waals surface area contributed by atoms with Crippen molar-refractivity contribution in [3.8, 4) is 11.4 Å². The fourth-order valence-corrected chi connectivity index (χ4v) is 2.54. The lowest BCUT2D eigenvalue weighted by Crippen LogP contribution is -2.29. The quantitative estimate of drug-likeness (QED) is 0.728. The number of hydrogen-bond acceptors (Lipinski definition) is 3. The standard InChI is InChI=1S/C13H10BrClN4O2/c1-2-19-11-9(12(20)18-13(19)21)16-10(17-11)6-3-4-7(14)8(15)5-6/h3-5H,2H2,1H3,(H,16,17)(H,18,20,21). The van der Waals surface area contributed by atoms with Gasteiger partial charge in [-0.2, -0.15) is 0 Å². The van der Waals surface area contributed by atoms with Gasteiger partial charge in [-0.25, -0.2) is 9.78 Å². The van der Waals surface area contributed by atoms with Crippen molar-refractivity contribution in [1.29, 1.82) is 0 Å². The summed E-state index contributed by atoms with van der Waals surface area (Å²) in [6.45, 7) is 2.22. The number of aromatic amines is 2. The van der Waals surface area contributed by atoms with Crippen molar-refractivity contribution in [1.82, 2.24) is 19.5 Å². The Bertz CT molecular complexity index is 957. The number of H-pyrrole nitrogens is 2. The van der Waals surface area contributed by atoms with Crippen LogP contribution < -0.4 is 11.2 Å². The first-order valence-electron chi connectivity index (χ1n) is 6.19.